The van der Waals surface area contributed by atoms with Crippen LogP contribution in [0.4, 0.5) is 5.69 Å². The van der Waals surface area contributed by atoms with Crippen molar-refractivity contribution in [1.29, 1.82) is 0 Å². The van der Waals surface area contributed by atoms with E-state index in [1.54, 1.807) is 42.5 Å². The van der Waals surface area contributed by atoms with Gasteiger partial charge in [-0.3, -0.25) is 9.10 Å². The van der Waals surface area contributed by atoms with Gasteiger partial charge in [0.15, 0.2) is 0 Å². The fraction of sp³-hybridized carbons (Fsp3) is 0.118. The van der Waals surface area contributed by atoms with Gasteiger partial charge in [-0.15, -0.1) is 0 Å². The van der Waals surface area contributed by atoms with Crippen LogP contribution in [0.5, 0.6) is 17.2 Å². The quantitative estimate of drug-likeness (QED) is 0.142. The molecule has 1 amide bonds. The van der Waals surface area contributed by atoms with E-state index in [2.05, 4.69) is 28.7 Å². The molecule has 0 aliphatic carbocycles. The second-order valence-electron chi connectivity index (χ2n) is 9.65. The summed E-state index contributed by atoms with van der Waals surface area (Å²) in [6, 6.07) is 34.1. The number of hydrogen-bond donors (Lipinski definition) is 1. The second kappa shape index (κ2) is 13.7. The Labute approximate surface area is 256 Å². The summed E-state index contributed by atoms with van der Waals surface area (Å²) in [5.74, 6) is 0.690. The molecule has 5 aromatic carbocycles. The first-order valence-electron chi connectivity index (χ1n) is 13.7. The fourth-order valence-electron chi connectivity index (χ4n) is 4.59. The molecule has 5 rings (SSSR count). The van der Waals surface area contributed by atoms with Crippen LogP contribution < -0.4 is 23.9 Å². The Hall–Kier alpha value is -5.35. The summed E-state index contributed by atoms with van der Waals surface area (Å²) < 4.78 is 45.0. The first-order valence-corrected chi connectivity index (χ1v) is 15.1. The monoisotopic (exact) mass is 609 g/mol. The minimum Gasteiger partial charge on any atom is -0.497 e. The lowest BCUT2D eigenvalue weighted by Gasteiger charge is -2.25. The average Bonchev–Trinajstić information content (AvgIpc) is 3.07. The number of amides is 1. The fourth-order valence-corrected chi connectivity index (χ4v) is 6.03. The highest BCUT2D eigenvalue weighted by Gasteiger charge is 2.29. The number of ether oxygens (including phenoxy) is 3. The van der Waals surface area contributed by atoms with Crippen molar-refractivity contribution < 1.29 is 27.4 Å². The van der Waals surface area contributed by atoms with Crippen LogP contribution >= 0.6 is 0 Å². The molecule has 5 aromatic rings. The Bertz CT molecular complexity index is 1870. The summed E-state index contributed by atoms with van der Waals surface area (Å²) in [6.07, 6.45) is 1.47. The lowest BCUT2D eigenvalue weighted by molar-refractivity contribution is -0.119. The van der Waals surface area contributed by atoms with Crippen LogP contribution in [0.15, 0.2) is 125 Å². The van der Waals surface area contributed by atoms with Crippen LogP contribution in [-0.2, 0) is 21.4 Å². The Balaban J connectivity index is 1.26. The Kier molecular flexibility index (Phi) is 9.41. The van der Waals surface area contributed by atoms with E-state index in [1.807, 2.05) is 36.4 Å². The maximum atomic E-state index is 13.7. The number of nitrogens with zero attached hydrogens (tertiary/aromatic N) is 2. The van der Waals surface area contributed by atoms with E-state index >= 15 is 0 Å². The minimum atomic E-state index is -4.16. The number of benzene rings is 5. The highest BCUT2D eigenvalue weighted by Crippen LogP contribution is 2.35. The third-order valence-electron chi connectivity index (χ3n) is 6.83. The highest BCUT2D eigenvalue weighted by atomic mass is 32.2. The van der Waals surface area contributed by atoms with Gasteiger partial charge >= 0.3 is 0 Å². The molecule has 1 N–H and O–H groups in total. The molecule has 0 spiro atoms. The SMILES string of the molecule is COc1ccc(OC)c(N(CC(=O)N/N=C\c2ccc(OCc3cccc4ccccc34)cc2)S(=O)(=O)c2ccccc2)c1. The Morgan fingerprint density at radius 3 is 2.27 bits per heavy atom. The highest BCUT2D eigenvalue weighted by molar-refractivity contribution is 7.92. The number of anilines is 1. The summed E-state index contributed by atoms with van der Waals surface area (Å²) >= 11 is 0. The van der Waals surface area contributed by atoms with Gasteiger partial charge in [0, 0.05) is 6.07 Å². The Morgan fingerprint density at radius 2 is 1.52 bits per heavy atom. The normalized spacial score (nSPS) is 11.3. The van der Waals surface area contributed by atoms with Crippen molar-refractivity contribution in [3.63, 3.8) is 0 Å². The summed E-state index contributed by atoms with van der Waals surface area (Å²) in [5, 5.41) is 6.34. The maximum absolute atomic E-state index is 13.7. The number of carbonyl (C=O) groups is 1. The summed E-state index contributed by atoms with van der Waals surface area (Å²) in [6.45, 7) is -0.135. The van der Waals surface area contributed by atoms with Gasteiger partial charge in [-0.2, -0.15) is 5.10 Å². The predicted octanol–water partition coefficient (Wildman–Crippen LogP) is 5.78. The molecule has 10 heteroatoms. The minimum absolute atomic E-state index is 0.0175. The van der Waals surface area contributed by atoms with Gasteiger partial charge in [-0.1, -0.05) is 60.7 Å². The molecule has 44 heavy (non-hydrogen) atoms. The molecule has 0 radical (unpaired) electrons. The van der Waals surface area contributed by atoms with Crippen molar-refractivity contribution in [3.8, 4) is 17.2 Å². The van der Waals surface area contributed by atoms with Crippen molar-refractivity contribution in [2.45, 2.75) is 11.5 Å². The van der Waals surface area contributed by atoms with Crippen LogP contribution in [0.2, 0.25) is 0 Å². The molecule has 0 aromatic heterocycles. The third kappa shape index (κ3) is 6.99. The topological polar surface area (TPSA) is 107 Å². The molecule has 0 saturated carbocycles. The molecule has 0 fully saturated rings. The second-order valence-corrected chi connectivity index (χ2v) is 11.5. The first kappa shape index (κ1) is 30.1. The van der Waals surface area contributed by atoms with E-state index in [4.69, 9.17) is 14.2 Å². The molecular formula is C34H31N3O6S. The number of nitrogens with one attached hydrogen (secondary N) is 1. The van der Waals surface area contributed by atoms with Gasteiger partial charge in [0.2, 0.25) is 0 Å². The van der Waals surface area contributed by atoms with Crippen LogP contribution in [0.25, 0.3) is 10.8 Å². The van der Waals surface area contributed by atoms with Gasteiger partial charge in [0.05, 0.1) is 31.0 Å². The molecule has 0 atom stereocenters. The van der Waals surface area contributed by atoms with Crippen molar-refractivity contribution in [1.82, 2.24) is 5.43 Å². The molecule has 224 valence electrons. The lowest BCUT2D eigenvalue weighted by atomic mass is 10.1. The number of hydrazone groups is 1. The summed E-state index contributed by atoms with van der Waals surface area (Å²) in [7, 11) is -1.27. The number of sulfonamides is 1. The van der Waals surface area contributed by atoms with Crippen LogP contribution in [0.1, 0.15) is 11.1 Å². The van der Waals surface area contributed by atoms with Gasteiger partial charge in [-0.25, -0.2) is 13.8 Å². The predicted molar refractivity (Wildman–Crippen MR) is 171 cm³/mol. The molecular weight excluding hydrogens is 578 g/mol. The molecule has 0 aliphatic heterocycles. The standard InChI is InChI=1S/C34H31N3O6S/c1-41-29-19-20-33(42-2)32(21-29)37(44(39,40)30-12-4-3-5-13-30)23-34(38)36-35-22-25-15-17-28(18-16-25)43-24-27-11-8-10-26-9-6-7-14-31(26)27/h3-22H,23-24H2,1-2H3,(H,36,38)/b35-22-. The number of methoxy groups -OCH3 is 2. The molecule has 0 aliphatic rings. The lowest BCUT2D eigenvalue weighted by Crippen LogP contribution is -2.39. The molecule has 0 heterocycles. The van der Waals surface area contributed by atoms with Crippen LogP contribution in [-0.4, -0.2) is 41.3 Å². The zero-order valence-corrected chi connectivity index (χ0v) is 25.0. The zero-order chi connectivity index (χ0) is 30.9. The Morgan fingerprint density at radius 1 is 0.818 bits per heavy atom. The van der Waals surface area contributed by atoms with E-state index in [0.717, 1.165) is 20.6 Å². The molecule has 0 bridgehead atoms. The van der Waals surface area contributed by atoms with E-state index < -0.39 is 22.5 Å². The maximum Gasteiger partial charge on any atom is 0.264 e. The number of rotatable bonds is 12. The molecule has 0 unspecified atom stereocenters. The average molecular weight is 610 g/mol. The van der Waals surface area contributed by atoms with E-state index in [9.17, 15) is 13.2 Å². The van der Waals surface area contributed by atoms with Crippen LogP contribution in [0.3, 0.4) is 0 Å². The molecule has 9 nitrogen and oxygen atoms in total. The van der Waals surface area contributed by atoms with Gasteiger partial charge < -0.3 is 14.2 Å². The number of fused-ring (bicyclic) bond motifs is 1. The van der Waals surface area contributed by atoms with Crippen molar-refractivity contribution in [2.75, 3.05) is 25.1 Å². The zero-order valence-electron chi connectivity index (χ0n) is 24.2. The summed E-state index contributed by atoms with van der Waals surface area (Å²) in [4.78, 5) is 13.0. The van der Waals surface area contributed by atoms with Gasteiger partial charge in [0.25, 0.3) is 15.9 Å². The molecule has 0 saturated heterocycles. The number of hydrogen-bond acceptors (Lipinski definition) is 7. The van der Waals surface area contributed by atoms with Gasteiger partial charge in [0.1, 0.15) is 30.4 Å². The van der Waals surface area contributed by atoms with E-state index in [1.165, 1.54) is 38.6 Å². The largest absolute Gasteiger partial charge is 0.497 e. The number of carbonyl (C=O) groups excluding carboxylic acids is 1. The van der Waals surface area contributed by atoms with Crippen molar-refractivity contribution >= 4 is 38.6 Å². The summed E-state index contributed by atoms with van der Waals surface area (Å²) in [5.41, 5.74) is 4.37. The van der Waals surface area contributed by atoms with Crippen molar-refractivity contribution in [2.24, 2.45) is 5.10 Å². The van der Waals surface area contributed by atoms with E-state index in [0.29, 0.717) is 23.7 Å². The smallest absolute Gasteiger partial charge is 0.264 e. The third-order valence-corrected chi connectivity index (χ3v) is 8.60. The van der Waals surface area contributed by atoms with Crippen LogP contribution in [0, 0.1) is 0 Å². The first-order chi connectivity index (χ1) is 21.4. The van der Waals surface area contributed by atoms with Gasteiger partial charge in [-0.05, 0) is 70.4 Å². The van der Waals surface area contributed by atoms with Crippen molar-refractivity contribution in [3.05, 3.63) is 126 Å². The van der Waals surface area contributed by atoms with E-state index in [-0.39, 0.29) is 16.3 Å².